The Hall–Kier alpha value is -0.360. The molecule has 0 radical (unpaired) electrons. The number of anilines is 1. The molecule has 0 fully saturated rings. The minimum Gasteiger partial charge on any atom is -0.744 e. The number of aryl methyl sites for hydroxylation is 1. The predicted molar refractivity (Wildman–Crippen MR) is 201 cm³/mol. The second-order valence-corrected chi connectivity index (χ2v) is 19.2. The molecule has 0 bridgehead atoms. The molecule has 0 atom stereocenters. The van der Waals surface area contributed by atoms with E-state index >= 15 is 0 Å². The van der Waals surface area contributed by atoms with Crippen LogP contribution in [0.4, 0.5) is 28.4 Å². The average Bonchev–Trinajstić information content (AvgIpc) is 3.17. The molecule has 0 heterocycles. The van der Waals surface area contributed by atoms with Crippen LogP contribution in [-0.4, -0.2) is 86.8 Å². The number of nitrogens with two attached hydrogens (primary N) is 1. The van der Waals surface area contributed by atoms with Gasteiger partial charge in [-0.1, -0.05) is 0 Å². The number of phenolic OH excluding ortho intramolecular Hbond substituents is 1. The number of nitrogens with zero attached hydrogens (tertiary/aromatic N) is 4. The third kappa shape index (κ3) is 17.8. The molecule has 0 aromatic heterocycles. The van der Waals surface area contributed by atoms with Gasteiger partial charge in [-0.25, -0.2) is 33.7 Å². The van der Waals surface area contributed by atoms with Crippen molar-refractivity contribution in [3.63, 3.8) is 0 Å². The minimum absolute atomic E-state index is 0. The standard InChI is InChI=1S/C29H31N5O21S6.4Na/c1-15-10-16(4-5-23(15)58(38,39)8-6-50-57-55-53-37)31-34-28-22(56-54-52-36)11-17-24(60(42,43)44)13-19(27(30)26(17)29(28)35)33-32-18-12-21(49-3)25(14-20(18)48-2)59(40,41)9-7-51-61(45,46)47;;;;/h4-5,10-14,35-37H,6-9,30H2,1-3H3,(H,42,43,44)(H,45,46,47);;;;/q;4*+1/p-4. The van der Waals surface area contributed by atoms with Gasteiger partial charge in [0.1, 0.15) is 43.6 Å². The summed E-state index contributed by atoms with van der Waals surface area (Å²) in [6.45, 7) is 0.0105. The summed E-state index contributed by atoms with van der Waals surface area (Å²) in [5.41, 5.74) is 4.64. The summed E-state index contributed by atoms with van der Waals surface area (Å²) < 4.78 is 149. The van der Waals surface area contributed by atoms with Gasteiger partial charge in [0.15, 0.2) is 37.7 Å². The molecule has 0 saturated heterocycles. The molecule has 0 amide bonds. The van der Waals surface area contributed by atoms with Crippen LogP contribution in [0.25, 0.3) is 10.8 Å². The molecule has 4 aromatic rings. The van der Waals surface area contributed by atoms with Crippen molar-refractivity contribution < 1.29 is 213 Å². The van der Waals surface area contributed by atoms with Gasteiger partial charge >= 0.3 is 118 Å². The fourth-order valence-electron chi connectivity index (χ4n) is 5.12. The Morgan fingerprint density at radius 3 is 1.88 bits per heavy atom. The van der Waals surface area contributed by atoms with Crippen LogP contribution in [0.5, 0.6) is 17.2 Å². The van der Waals surface area contributed by atoms with Gasteiger partial charge in [0, 0.05) is 17.5 Å². The zero-order valence-electron chi connectivity index (χ0n) is 34.8. The number of sulfone groups is 2. The first kappa shape index (κ1) is 64.6. The molecule has 0 saturated carbocycles. The number of azo groups is 2. The van der Waals surface area contributed by atoms with Crippen LogP contribution in [0.15, 0.2) is 82.5 Å². The number of hydrogen-bond acceptors (Lipinski definition) is 28. The van der Waals surface area contributed by atoms with E-state index in [4.69, 9.17) is 19.4 Å². The molecule has 36 heteroatoms. The van der Waals surface area contributed by atoms with Gasteiger partial charge in [-0.05, 0) is 42.8 Å². The Kier molecular flexibility index (Phi) is 28.3. The molecule has 0 unspecified atom stereocenters. The minimum atomic E-state index is -5.44. The Bertz CT molecular complexity index is 2810. The third-order valence-electron chi connectivity index (χ3n) is 7.68. The van der Waals surface area contributed by atoms with Crippen LogP contribution in [0, 0.1) is 6.92 Å². The first-order chi connectivity index (χ1) is 28.6. The van der Waals surface area contributed by atoms with E-state index in [-0.39, 0.29) is 187 Å². The van der Waals surface area contributed by atoms with Crippen LogP contribution >= 0.6 is 24.4 Å². The van der Waals surface area contributed by atoms with Crippen LogP contribution in [0.3, 0.4) is 0 Å². The van der Waals surface area contributed by atoms with E-state index in [1.165, 1.54) is 25.1 Å². The Labute approximate surface area is 467 Å². The zero-order valence-corrected chi connectivity index (χ0v) is 47.7. The van der Waals surface area contributed by atoms with Crippen molar-refractivity contribution in [1.29, 1.82) is 0 Å². The third-order valence-corrected chi connectivity index (χ3v) is 13.5. The second-order valence-electron chi connectivity index (χ2n) is 11.4. The summed E-state index contributed by atoms with van der Waals surface area (Å²) >= 11 is 0.239. The van der Waals surface area contributed by atoms with Crippen LogP contribution in [0.1, 0.15) is 5.56 Å². The molecule has 65 heavy (non-hydrogen) atoms. The molecule has 0 aliphatic rings. The zero-order chi connectivity index (χ0) is 45.3. The summed E-state index contributed by atoms with van der Waals surface area (Å²) in [6, 6.07) is 7.25. The molecule has 334 valence electrons. The van der Waals surface area contributed by atoms with Crippen LogP contribution in [-0.2, 0) is 67.3 Å². The van der Waals surface area contributed by atoms with Crippen molar-refractivity contribution in [1.82, 2.24) is 0 Å². The smallest absolute Gasteiger partial charge is 0.744 e. The second kappa shape index (κ2) is 28.5. The quantitative estimate of drug-likeness (QED) is 0.00849. The number of phenols is 1. The number of methoxy groups -OCH3 is 2. The molecule has 0 aliphatic heterocycles. The van der Waals surface area contributed by atoms with Gasteiger partial charge < -0.3 is 39.9 Å². The average molecular weight is 1070 g/mol. The Morgan fingerprint density at radius 1 is 0.708 bits per heavy atom. The normalized spacial score (nSPS) is 12.0. The topological polar surface area (TPSA) is 398 Å². The predicted octanol–water partition coefficient (Wildman–Crippen LogP) is -9.74. The molecule has 3 N–H and O–H groups in total. The first-order valence-corrected chi connectivity index (χ1v) is 23.3. The molecule has 0 spiro atoms. The van der Waals surface area contributed by atoms with E-state index in [1.54, 1.807) is 0 Å². The van der Waals surface area contributed by atoms with E-state index in [2.05, 4.69) is 43.4 Å². The van der Waals surface area contributed by atoms with Crippen molar-refractivity contribution >= 4 is 104 Å². The van der Waals surface area contributed by atoms with Gasteiger partial charge in [0.25, 0.3) is 0 Å². The van der Waals surface area contributed by atoms with Crippen molar-refractivity contribution in [3.05, 3.63) is 48.0 Å². The van der Waals surface area contributed by atoms with Gasteiger partial charge in [-0.3, -0.25) is 18.4 Å². The van der Waals surface area contributed by atoms with Gasteiger partial charge in [-0.15, -0.1) is 19.7 Å². The van der Waals surface area contributed by atoms with Gasteiger partial charge in [-0.2, -0.15) is 9.45 Å². The maximum Gasteiger partial charge on any atom is 1.00 e. The van der Waals surface area contributed by atoms with E-state index < -0.39 is 102 Å². The molecule has 26 nitrogen and oxygen atoms in total. The van der Waals surface area contributed by atoms with Gasteiger partial charge in [0.05, 0.1) is 82.4 Å². The van der Waals surface area contributed by atoms with E-state index in [9.17, 15) is 58.4 Å². The molecule has 4 aromatic carbocycles. The number of ether oxygens (including phenoxy) is 2. The van der Waals surface area contributed by atoms with Crippen LogP contribution in [0.2, 0.25) is 0 Å². The van der Waals surface area contributed by atoms with Crippen molar-refractivity contribution in [3.8, 4) is 17.2 Å². The van der Waals surface area contributed by atoms with E-state index in [0.29, 0.717) is 6.07 Å². The fraction of sp³-hybridized carbons (Fsp3) is 0.241. The number of benzene rings is 4. The van der Waals surface area contributed by atoms with Crippen molar-refractivity contribution in [2.24, 2.45) is 20.5 Å². The maximum absolute atomic E-state index is 13.0. The largest absolute Gasteiger partial charge is 1.00 e. The number of rotatable bonds is 22. The maximum atomic E-state index is 13.0. The van der Waals surface area contributed by atoms with Crippen LogP contribution < -0.4 is 144 Å². The molecule has 4 rings (SSSR count). The molecule has 0 aliphatic carbocycles. The summed E-state index contributed by atoms with van der Waals surface area (Å²) in [5.74, 6) is -3.14. The Balaban J connectivity index is 0.0000102. The monoisotopic (exact) mass is 1060 g/mol. The Morgan fingerprint density at radius 2 is 1.31 bits per heavy atom. The van der Waals surface area contributed by atoms with Crippen molar-refractivity contribution in [2.75, 3.05) is 44.7 Å². The van der Waals surface area contributed by atoms with Gasteiger partial charge in [0.2, 0.25) is 10.4 Å². The number of hydrogen-bond donors (Lipinski definition) is 2. The first-order valence-electron chi connectivity index (χ1n) is 15.8. The number of aromatic hydroxyl groups is 1. The number of fused-ring (bicyclic) bond motifs is 1. The van der Waals surface area contributed by atoms with E-state index in [1.807, 2.05) is 0 Å². The SMILES string of the molecule is COc1cc(S(=O)(=O)CCOS(=O)(=O)[O-])c(OC)cc1N=Nc1cc(S(=O)(=O)[O-])c2cc(SOO[O-])c(N=Nc3ccc(S(=O)(=O)CCOSOO[O-])c(C)c3)c(O)c2c1N.[Na+].[Na+].[Na+].[Na+]. The fourth-order valence-corrected chi connectivity index (χ4v) is 9.61. The summed E-state index contributed by atoms with van der Waals surface area (Å²) in [5, 5.41) is 53.3. The molecular weight excluding hydrogens is 1040 g/mol. The van der Waals surface area contributed by atoms with E-state index in [0.717, 1.165) is 32.4 Å². The van der Waals surface area contributed by atoms with Crippen molar-refractivity contribution in [2.45, 2.75) is 26.5 Å². The molecular formula is C29H27N5Na4O21S6. The summed E-state index contributed by atoms with van der Waals surface area (Å²) in [7, 11) is -16.8. The number of nitrogen functional groups attached to an aromatic ring is 1. The summed E-state index contributed by atoms with van der Waals surface area (Å²) in [4.78, 5) is -2.06. The summed E-state index contributed by atoms with van der Waals surface area (Å²) in [6.07, 6.45) is 0.